The van der Waals surface area contributed by atoms with Gasteiger partial charge in [0.05, 0.1) is 22.4 Å². The fourth-order valence-corrected chi connectivity index (χ4v) is 8.44. The first-order valence-electron chi connectivity index (χ1n) is 22.3. The Morgan fingerprint density at radius 3 is 0.662 bits per heavy atom. The molecule has 0 spiro atoms. The summed E-state index contributed by atoms with van der Waals surface area (Å²) >= 11 is 0. The Hall–Kier alpha value is -9.40. The van der Waals surface area contributed by atoms with Crippen LogP contribution in [0.25, 0.3) is 124 Å². The lowest BCUT2D eigenvalue weighted by Gasteiger charge is -2.12. The molecule has 12 rings (SSSR count). The maximum absolute atomic E-state index is 6.12. The summed E-state index contributed by atoms with van der Waals surface area (Å²) in [7, 11) is 0. The fraction of sp³-hybridized carbons (Fsp3) is 0. The lowest BCUT2D eigenvalue weighted by Crippen LogP contribution is -1.95. The fourth-order valence-electron chi connectivity index (χ4n) is 8.44. The zero-order chi connectivity index (χ0) is 45.2. The highest BCUT2D eigenvalue weighted by Crippen LogP contribution is 2.36. The SMILES string of the molecule is c1ccc(-c2ccc(-c3nnc(-c4ccc(-c5ccc(-c6nc7ccccc7nc6-c6ccc(-c7ccc(-c8nnc(-c9ccc(-c%10ccccc%10)cc9)o8)cc7)cc6)cc5)cc4)o3)cc2)cc1. The van der Waals surface area contributed by atoms with Crippen LogP contribution in [0.5, 0.6) is 0 Å². The normalized spacial score (nSPS) is 11.2. The third kappa shape index (κ3) is 8.03. The highest BCUT2D eigenvalue weighted by atomic mass is 16.4. The van der Waals surface area contributed by atoms with Gasteiger partial charge in [0.2, 0.25) is 23.6 Å². The molecule has 3 heterocycles. The number of benzene rings is 9. The van der Waals surface area contributed by atoms with Crippen LogP contribution in [0.2, 0.25) is 0 Å². The van der Waals surface area contributed by atoms with Crippen molar-refractivity contribution in [1.29, 1.82) is 0 Å². The zero-order valence-electron chi connectivity index (χ0n) is 36.4. The Bertz CT molecular complexity index is 3420. The molecule has 0 saturated carbocycles. The second-order valence-corrected chi connectivity index (χ2v) is 16.4. The van der Waals surface area contributed by atoms with Gasteiger partial charge in [0, 0.05) is 33.4 Å². The number of fused-ring (bicyclic) bond motifs is 1. The van der Waals surface area contributed by atoms with Crippen molar-refractivity contribution in [1.82, 2.24) is 30.4 Å². The van der Waals surface area contributed by atoms with Crippen LogP contribution in [0.3, 0.4) is 0 Å². The van der Waals surface area contributed by atoms with Gasteiger partial charge in [-0.25, -0.2) is 9.97 Å². The predicted octanol–water partition coefficient (Wildman–Crippen LogP) is 15.1. The number of nitrogens with zero attached hydrogens (tertiary/aromatic N) is 6. The molecule has 0 atom stereocenters. The van der Waals surface area contributed by atoms with E-state index in [4.69, 9.17) is 18.8 Å². The molecule has 8 nitrogen and oxygen atoms in total. The molecule has 12 aromatic rings. The molecule has 68 heavy (non-hydrogen) atoms. The molecule has 0 radical (unpaired) electrons. The maximum Gasteiger partial charge on any atom is 0.248 e. The lowest BCUT2D eigenvalue weighted by atomic mass is 9.97. The van der Waals surface area contributed by atoms with Crippen LogP contribution in [-0.4, -0.2) is 30.4 Å². The third-order valence-corrected chi connectivity index (χ3v) is 12.1. The number of rotatable bonds is 10. The molecule has 3 aromatic heterocycles. The van der Waals surface area contributed by atoms with Gasteiger partial charge in [0.15, 0.2) is 0 Å². The quantitative estimate of drug-likeness (QED) is 0.134. The van der Waals surface area contributed by atoms with Gasteiger partial charge in [-0.3, -0.25) is 0 Å². The Kier molecular flexibility index (Phi) is 10.3. The molecule has 0 aliphatic carbocycles. The average molecular weight is 875 g/mol. The van der Waals surface area contributed by atoms with Crippen molar-refractivity contribution in [2.75, 3.05) is 0 Å². The van der Waals surface area contributed by atoms with Crippen LogP contribution in [-0.2, 0) is 0 Å². The van der Waals surface area contributed by atoms with Gasteiger partial charge < -0.3 is 8.83 Å². The molecular weight excluding hydrogens is 837 g/mol. The van der Waals surface area contributed by atoms with E-state index in [9.17, 15) is 0 Å². The summed E-state index contributed by atoms with van der Waals surface area (Å²) in [5.74, 6) is 1.91. The molecule has 320 valence electrons. The van der Waals surface area contributed by atoms with Crippen molar-refractivity contribution in [2.45, 2.75) is 0 Å². The van der Waals surface area contributed by atoms with E-state index in [-0.39, 0.29) is 0 Å². The van der Waals surface area contributed by atoms with Crippen molar-refractivity contribution >= 4 is 11.0 Å². The van der Waals surface area contributed by atoms with Crippen LogP contribution in [0.1, 0.15) is 0 Å². The van der Waals surface area contributed by atoms with Crippen LogP contribution >= 0.6 is 0 Å². The molecule has 0 unspecified atom stereocenters. The Morgan fingerprint density at radius 2 is 0.397 bits per heavy atom. The topological polar surface area (TPSA) is 104 Å². The highest BCUT2D eigenvalue weighted by Gasteiger charge is 2.16. The van der Waals surface area contributed by atoms with Crippen LogP contribution in [0.15, 0.2) is 239 Å². The smallest absolute Gasteiger partial charge is 0.248 e. The van der Waals surface area contributed by atoms with E-state index in [1.165, 1.54) is 0 Å². The number of para-hydroxylation sites is 2. The first-order valence-corrected chi connectivity index (χ1v) is 22.3. The van der Waals surface area contributed by atoms with E-state index in [2.05, 4.69) is 142 Å². The monoisotopic (exact) mass is 874 g/mol. The number of hydrogen-bond acceptors (Lipinski definition) is 8. The second-order valence-electron chi connectivity index (χ2n) is 16.4. The summed E-state index contributed by atoms with van der Waals surface area (Å²) < 4.78 is 12.2. The van der Waals surface area contributed by atoms with Gasteiger partial charge in [0.1, 0.15) is 0 Å². The van der Waals surface area contributed by atoms with Gasteiger partial charge in [-0.2, -0.15) is 0 Å². The van der Waals surface area contributed by atoms with Gasteiger partial charge in [-0.05, 0) is 105 Å². The highest BCUT2D eigenvalue weighted by molar-refractivity contribution is 5.87. The van der Waals surface area contributed by atoms with E-state index in [1.807, 2.05) is 109 Å². The zero-order valence-corrected chi connectivity index (χ0v) is 36.4. The molecular formula is C60H38N6O2. The molecule has 0 aliphatic heterocycles. The third-order valence-electron chi connectivity index (χ3n) is 12.1. The number of hydrogen-bond donors (Lipinski definition) is 0. The first-order chi connectivity index (χ1) is 33.6. The summed E-state index contributed by atoms with van der Waals surface area (Å²) in [6.07, 6.45) is 0. The maximum atomic E-state index is 6.12. The van der Waals surface area contributed by atoms with Gasteiger partial charge in [-0.1, -0.05) is 170 Å². The van der Waals surface area contributed by atoms with E-state index in [1.54, 1.807) is 0 Å². The van der Waals surface area contributed by atoms with Gasteiger partial charge in [0.25, 0.3) is 0 Å². The Labute approximate surface area is 392 Å². The summed E-state index contributed by atoms with van der Waals surface area (Å²) in [6.45, 7) is 0. The van der Waals surface area contributed by atoms with Gasteiger partial charge >= 0.3 is 0 Å². The van der Waals surface area contributed by atoms with Crippen LogP contribution in [0.4, 0.5) is 0 Å². The minimum absolute atomic E-state index is 0.471. The van der Waals surface area contributed by atoms with E-state index < -0.39 is 0 Å². The predicted molar refractivity (Wildman–Crippen MR) is 270 cm³/mol. The lowest BCUT2D eigenvalue weighted by molar-refractivity contribution is 0.584. The van der Waals surface area contributed by atoms with E-state index >= 15 is 0 Å². The van der Waals surface area contributed by atoms with E-state index in [0.717, 1.165) is 100 Å². The standard InChI is InChI=1S/C60H38N6O2/c1-3-9-39(10-4-1)41-19-31-49(32-20-41)57-63-65-59(67-57)51-35-23-45(24-36-51)43-15-27-47(28-16-43)55-56(62-54-14-8-7-13-53(54)61-55)48-29-17-44(18-30-48)46-25-37-52(38-26-46)60-66-64-58(68-60)50-33-21-42(22-34-50)40-11-5-2-6-12-40/h1-38H. The van der Waals surface area contributed by atoms with Gasteiger partial charge in [-0.15, -0.1) is 20.4 Å². The molecule has 0 saturated heterocycles. The summed E-state index contributed by atoms with van der Waals surface area (Å²) in [5, 5.41) is 17.4. The summed E-state index contributed by atoms with van der Waals surface area (Å²) in [4.78, 5) is 10.3. The molecule has 9 aromatic carbocycles. The Morgan fingerprint density at radius 1 is 0.191 bits per heavy atom. The van der Waals surface area contributed by atoms with Crippen molar-refractivity contribution < 1.29 is 8.83 Å². The number of aromatic nitrogens is 6. The summed E-state index contributed by atoms with van der Waals surface area (Å²) in [6, 6.07) is 78.2. The molecule has 0 aliphatic rings. The summed E-state index contributed by atoms with van der Waals surface area (Å²) in [5.41, 5.74) is 17.6. The molecule has 0 N–H and O–H groups in total. The van der Waals surface area contributed by atoms with Crippen molar-refractivity contribution in [3.8, 4) is 113 Å². The van der Waals surface area contributed by atoms with Crippen molar-refractivity contribution in [2.24, 2.45) is 0 Å². The minimum Gasteiger partial charge on any atom is -0.416 e. The second kappa shape index (κ2) is 17.5. The van der Waals surface area contributed by atoms with Crippen LogP contribution < -0.4 is 0 Å². The molecule has 0 amide bonds. The first kappa shape index (κ1) is 40.1. The molecule has 0 fully saturated rings. The van der Waals surface area contributed by atoms with Crippen molar-refractivity contribution in [3.63, 3.8) is 0 Å². The molecule has 0 bridgehead atoms. The van der Waals surface area contributed by atoms with Crippen molar-refractivity contribution in [3.05, 3.63) is 231 Å². The average Bonchev–Trinajstić information content (AvgIpc) is 4.14. The largest absolute Gasteiger partial charge is 0.416 e. The Balaban J connectivity index is 0.751. The van der Waals surface area contributed by atoms with Crippen LogP contribution in [0, 0.1) is 0 Å². The molecule has 8 heteroatoms. The minimum atomic E-state index is 0.471. The van der Waals surface area contributed by atoms with E-state index in [0.29, 0.717) is 23.6 Å².